The van der Waals surface area contributed by atoms with Crippen LogP contribution < -0.4 is 16.0 Å². The molecular formula is C17H23N5OS. The van der Waals surface area contributed by atoms with E-state index in [2.05, 4.69) is 25.9 Å². The number of thiazole rings is 1. The van der Waals surface area contributed by atoms with Gasteiger partial charge < -0.3 is 16.0 Å². The first-order valence-electron chi connectivity index (χ1n) is 7.72. The van der Waals surface area contributed by atoms with Crippen molar-refractivity contribution in [3.8, 4) is 0 Å². The molecule has 0 saturated heterocycles. The Morgan fingerprint density at radius 3 is 2.62 bits per heavy atom. The summed E-state index contributed by atoms with van der Waals surface area (Å²) in [5.74, 6) is 0.626. The Balaban J connectivity index is 1.92. The molecule has 6 nitrogen and oxygen atoms in total. The van der Waals surface area contributed by atoms with Gasteiger partial charge in [-0.05, 0) is 31.5 Å². The molecule has 0 aliphatic rings. The van der Waals surface area contributed by atoms with Crippen molar-refractivity contribution in [3.05, 3.63) is 51.0 Å². The first-order chi connectivity index (χ1) is 11.5. The van der Waals surface area contributed by atoms with Gasteiger partial charge in [0.05, 0.1) is 17.2 Å². The molecule has 0 unspecified atom stereocenters. The lowest BCUT2D eigenvalue weighted by atomic mass is 10.1. The zero-order chi connectivity index (χ0) is 17.5. The highest BCUT2D eigenvalue weighted by atomic mass is 32.1. The van der Waals surface area contributed by atoms with E-state index in [1.54, 1.807) is 31.5 Å². The molecule has 3 N–H and O–H groups in total. The van der Waals surface area contributed by atoms with Crippen LogP contribution in [0, 0.1) is 13.8 Å². The van der Waals surface area contributed by atoms with Gasteiger partial charge in [-0.25, -0.2) is 4.98 Å². The number of hydrogen-bond donors (Lipinski definition) is 3. The molecule has 0 aliphatic heterocycles. The van der Waals surface area contributed by atoms with Gasteiger partial charge in [-0.15, -0.1) is 11.3 Å². The number of aliphatic imine (C=N–C) groups is 1. The zero-order valence-electron chi connectivity index (χ0n) is 14.4. The van der Waals surface area contributed by atoms with Crippen molar-refractivity contribution in [2.24, 2.45) is 4.99 Å². The highest BCUT2D eigenvalue weighted by molar-refractivity contribution is 7.11. The maximum atomic E-state index is 11.7. The first kappa shape index (κ1) is 17.9. The van der Waals surface area contributed by atoms with Crippen LogP contribution >= 0.6 is 11.3 Å². The number of carbonyl (C=O) groups excluding carboxylic acids is 1. The van der Waals surface area contributed by atoms with Gasteiger partial charge in [-0.3, -0.25) is 9.79 Å². The second-order valence-electron chi connectivity index (χ2n) is 5.30. The molecule has 24 heavy (non-hydrogen) atoms. The molecule has 2 rings (SSSR count). The van der Waals surface area contributed by atoms with Crippen LogP contribution in [0.15, 0.2) is 29.3 Å². The molecule has 0 aliphatic carbocycles. The van der Waals surface area contributed by atoms with Gasteiger partial charge in [0.1, 0.15) is 0 Å². The number of nitrogens with one attached hydrogen (secondary N) is 3. The second kappa shape index (κ2) is 8.44. The van der Waals surface area contributed by atoms with Crippen LogP contribution in [0.2, 0.25) is 0 Å². The highest BCUT2D eigenvalue weighted by Crippen LogP contribution is 2.16. The molecule has 2 aromatic rings. The topological polar surface area (TPSA) is 78.4 Å². The number of hydrogen-bond acceptors (Lipinski definition) is 4. The van der Waals surface area contributed by atoms with Crippen LogP contribution in [0.3, 0.4) is 0 Å². The Bertz CT molecular complexity index is 738. The number of amides is 1. The van der Waals surface area contributed by atoms with Gasteiger partial charge in [0.2, 0.25) is 0 Å². The smallest absolute Gasteiger partial charge is 0.251 e. The Hall–Kier alpha value is -2.41. The summed E-state index contributed by atoms with van der Waals surface area (Å²) < 4.78 is 0. The summed E-state index contributed by atoms with van der Waals surface area (Å²) in [5.41, 5.74) is 2.72. The third-order valence-electron chi connectivity index (χ3n) is 3.52. The van der Waals surface area contributed by atoms with Crippen LogP contribution in [0.1, 0.15) is 31.5 Å². The normalized spacial score (nSPS) is 11.2. The quantitative estimate of drug-likeness (QED) is 0.572. The van der Waals surface area contributed by atoms with Crippen molar-refractivity contribution in [1.29, 1.82) is 0 Å². The molecule has 1 aromatic carbocycles. The van der Waals surface area contributed by atoms with Crippen molar-refractivity contribution < 1.29 is 4.79 Å². The Morgan fingerprint density at radius 2 is 2.00 bits per heavy atom. The summed E-state index contributed by atoms with van der Waals surface area (Å²) in [6.07, 6.45) is 0. The largest absolute Gasteiger partial charge is 0.355 e. The lowest BCUT2D eigenvalue weighted by Gasteiger charge is -2.12. The molecule has 0 radical (unpaired) electrons. The third kappa shape index (κ3) is 4.79. The van der Waals surface area contributed by atoms with Crippen LogP contribution in [0.25, 0.3) is 0 Å². The first-order valence-corrected chi connectivity index (χ1v) is 8.53. The maximum Gasteiger partial charge on any atom is 0.251 e. The molecule has 128 valence electrons. The number of carbonyl (C=O) groups is 1. The van der Waals surface area contributed by atoms with E-state index in [0.29, 0.717) is 24.6 Å². The minimum Gasteiger partial charge on any atom is -0.355 e. The predicted octanol–water partition coefficient (Wildman–Crippen LogP) is 1.98. The summed E-state index contributed by atoms with van der Waals surface area (Å²) >= 11 is 1.69. The van der Waals surface area contributed by atoms with Gasteiger partial charge in [-0.1, -0.05) is 12.1 Å². The molecule has 1 aromatic heterocycles. The van der Waals surface area contributed by atoms with E-state index >= 15 is 0 Å². The van der Waals surface area contributed by atoms with Crippen molar-refractivity contribution >= 4 is 23.2 Å². The zero-order valence-corrected chi connectivity index (χ0v) is 15.3. The molecule has 0 saturated carbocycles. The van der Waals surface area contributed by atoms with E-state index in [0.717, 1.165) is 16.3 Å². The van der Waals surface area contributed by atoms with Gasteiger partial charge in [0.25, 0.3) is 5.91 Å². The summed E-state index contributed by atoms with van der Waals surface area (Å²) in [7, 11) is 3.36. The molecule has 7 heteroatoms. The summed E-state index contributed by atoms with van der Waals surface area (Å²) in [6.45, 7) is 5.30. The summed E-state index contributed by atoms with van der Waals surface area (Å²) in [5, 5.41) is 10.2. The van der Waals surface area contributed by atoms with E-state index in [-0.39, 0.29) is 5.91 Å². The SMILES string of the molecule is CN=C(NCc1cccc(C(=O)NC)c1)NCc1sc(C)nc1C. The van der Waals surface area contributed by atoms with Crippen molar-refractivity contribution in [3.63, 3.8) is 0 Å². The standard InChI is InChI=1S/C17H23N5OS/c1-11-15(24-12(2)22-11)10-21-17(19-4)20-9-13-6-5-7-14(8-13)16(23)18-3/h5-8H,9-10H2,1-4H3,(H,18,23)(H2,19,20,21). The number of guanidine groups is 1. The molecule has 0 spiro atoms. The van der Waals surface area contributed by atoms with Crippen molar-refractivity contribution in [1.82, 2.24) is 20.9 Å². The number of nitrogens with zero attached hydrogens (tertiary/aromatic N) is 2. The monoisotopic (exact) mass is 345 g/mol. The van der Waals surface area contributed by atoms with Crippen molar-refractivity contribution in [2.75, 3.05) is 14.1 Å². The second-order valence-corrected chi connectivity index (χ2v) is 6.59. The van der Waals surface area contributed by atoms with Crippen LogP contribution in [-0.4, -0.2) is 30.9 Å². The average molecular weight is 345 g/mol. The molecule has 0 atom stereocenters. The summed E-state index contributed by atoms with van der Waals surface area (Å²) in [4.78, 5) is 21.5. The molecule has 0 bridgehead atoms. The fourth-order valence-corrected chi connectivity index (χ4v) is 3.15. The lowest BCUT2D eigenvalue weighted by Crippen LogP contribution is -2.36. The third-order valence-corrected chi connectivity index (χ3v) is 4.59. The maximum absolute atomic E-state index is 11.7. The van der Waals surface area contributed by atoms with E-state index in [4.69, 9.17) is 0 Å². The number of benzene rings is 1. The number of aromatic nitrogens is 1. The Kier molecular flexibility index (Phi) is 6.31. The van der Waals surface area contributed by atoms with E-state index in [9.17, 15) is 4.79 Å². The minimum absolute atomic E-state index is 0.0876. The predicted molar refractivity (Wildman–Crippen MR) is 98.5 cm³/mol. The van der Waals surface area contributed by atoms with Crippen LogP contribution in [0.5, 0.6) is 0 Å². The van der Waals surface area contributed by atoms with Crippen LogP contribution in [0.4, 0.5) is 0 Å². The molecule has 1 amide bonds. The van der Waals surface area contributed by atoms with E-state index < -0.39 is 0 Å². The number of aryl methyl sites for hydroxylation is 2. The Labute approximate surface area is 146 Å². The molecular weight excluding hydrogens is 322 g/mol. The fraction of sp³-hybridized carbons (Fsp3) is 0.353. The Morgan fingerprint density at radius 1 is 1.25 bits per heavy atom. The minimum atomic E-state index is -0.0876. The number of rotatable bonds is 5. The van der Waals surface area contributed by atoms with Gasteiger partial charge in [0.15, 0.2) is 5.96 Å². The summed E-state index contributed by atoms with van der Waals surface area (Å²) in [6, 6.07) is 7.52. The van der Waals surface area contributed by atoms with E-state index in [1.165, 1.54) is 4.88 Å². The van der Waals surface area contributed by atoms with Gasteiger partial charge >= 0.3 is 0 Å². The molecule has 0 fully saturated rings. The van der Waals surface area contributed by atoms with Gasteiger partial charge in [-0.2, -0.15) is 0 Å². The van der Waals surface area contributed by atoms with Crippen molar-refractivity contribution in [2.45, 2.75) is 26.9 Å². The highest BCUT2D eigenvalue weighted by Gasteiger charge is 2.07. The average Bonchev–Trinajstić information content (AvgIpc) is 2.92. The fourth-order valence-electron chi connectivity index (χ4n) is 2.27. The van der Waals surface area contributed by atoms with Crippen LogP contribution in [-0.2, 0) is 13.1 Å². The van der Waals surface area contributed by atoms with Gasteiger partial charge in [0, 0.05) is 31.1 Å². The molecule has 1 heterocycles. The van der Waals surface area contributed by atoms with E-state index in [1.807, 2.05) is 32.0 Å². The lowest BCUT2D eigenvalue weighted by molar-refractivity contribution is 0.0963.